The Balaban J connectivity index is 1.93. The van der Waals surface area contributed by atoms with E-state index in [-0.39, 0.29) is 0 Å². The first-order chi connectivity index (χ1) is 9.40. The van der Waals surface area contributed by atoms with Gasteiger partial charge >= 0.3 is 0 Å². The minimum atomic E-state index is 0.715. The molecule has 0 spiro atoms. The molecule has 0 aliphatic carbocycles. The average molecular weight is 246 g/mol. The fourth-order valence-electron chi connectivity index (χ4n) is 2.16. The second kappa shape index (κ2) is 3.88. The number of para-hydroxylation sites is 1. The van der Waals surface area contributed by atoms with Crippen molar-refractivity contribution in [2.75, 3.05) is 0 Å². The van der Waals surface area contributed by atoms with Gasteiger partial charge in [-0.1, -0.05) is 24.3 Å². The molecule has 4 aromatic rings. The molecule has 1 N–H and O–H groups in total. The third-order valence-corrected chi connectivity index (χ3v) is 3.10. The normalized spacial score (nSPS) is 11.2. The van der Waals surface area contributed by atoms with Crippen LogP contribution in [0, 0.1) is 0 Å². The van der Waals surface area contributed by atoms with Gasteiger partial charge in [0.15, 0.2) is 11.5 Å². The maximum absolute atomic E-state index is 4.62. The highest BCUT2D eigenvalue weighted by Crippen LogP contribution is 2.20. The minimum absolute atomic E-state index is 0.715. The van der Waals surface area contributed by atoms with Gasteiger partial charge in [0.05, 0.1) is 11.0 Å². The van der Waals surface area contributed by atoms with E-state index in [1.807, 2.05) is 42.5 Å². The number of fused-ring (bicyclic) bond motifs is 2. The van der Waals surface area contributed by atoms with Crippen molar-refractivity contribution in [3.05, 3.63) is 54.7 Å². The highest BCUT2D eigenvalue weighted by Gasteiger charge is 2.07. The van der Waals surface area contributed by atoms with Crippen LogP contribution in [0.5, 0.6) is 0 Å². The highest BCUT2D eigenvalue weighted by molar-refractivity contribution is 5.82. The maximum Gasteiger partial charge on any atom is 0.178 e. The summed E-state index contributed by atoms with van der Waals surface area (Å²) in [5, 5.41) is 1.13. The Kier molecular flexibility index (Phi) is 2.08. The molecule has 0 aliphatic rings. The predicted octanol–water partition coefficient (Wildman–Crippen LogP) is 3.17. The monoisotopic (exact) mass is 246 g/mol. The number of benzene rings is 1. The van der Waals surface area contributed by atoms with Gasteiger partial charge in [0.2, 0.25) is 0 Å². The number of aromatic amines is 1. The average Bonchev–Trinajstić information content (AvgIpc) is 2.90. The van der Waals surface area contributed by atoms with E-state index in [1.165, 1.54) is 0 Å². The first kappa shape index (κ1) is 10.2. The summed E-state index contributed by atoms with van der Waals surface area (Å²) in [6.45, 7) is 0. The molecule has 0 saturated carbocycles. The minimum Gasteiger partial charge on any atom is -0.335 e. The molecule has 0 aliphatic heterocycles. The molecule has 0 radical (unpaired) electrons. The van der Waals surface area contributed by atoms with Crippen LogP contribution in [0.1, 0.15) is 0 Å². The summed E-state index contributed by atoms with van der Waals surface area (Å²) in [4.78, 5) is 16.5. The van der Waals surface area contributed by atoms with Crippen LogP contribution in [-0.2, 0) is 0 Å². The number of aromatic nitrogens is 4. The molecule has 90 valence electrons. The van der Waals surface area contributed by atoms with Crippen molar-refractivity contribution in [2.24, 2.45) is 0 Å². The van der Waals surface area contributed by atoms with E-state index in [2.05, 4.69) is 26.0 Å². The first-order valence-corrected chi connectivity index (χ1v) is 6.07. The van der Waals surface area contributed by atoms with Gasteiger partial charge in [-0.25, -0.2) is 15.0 Å². The lowest BCUT2D eigenvalue weighted by Gasteiger charge is -1.99. The molecule has 3 aromatic heterocycles. The zero-order valence-electron chi connectivity index (χ0n) is 10.0. The van der Waals surface area contributed by atoms with Gasteiger partial charge in [0.25, 0.3) is 0 Å². The SMILES string of the molecule is c1ccc2nc(-c3nc4ncccc4[nH]3)ccc2c1. The molecule has 4 heteroatoms. The molecule has 0 amide bonds. The molecule has 3 heterocycles. The van der Waals surface area contributed by atoms with Crippen LogP contribution in [0.3, 0.4) is 0 Å². The smallest absolute Gasteiger partial charge is 0.178 e. The van der Waals surface area contributed by atoms with Gasteiger partial charge in [-0.05, 0) is 24.3 Å². The van der Waals surface area contributed by atoms with Crippen LogP contribution in [0.2, 0.25) is 0 Å². The quantitative estimate of drug-likeness (QED) is 0.561. The topological polar surface area (TPSA) is 54.5 Å². The molecule has 0 unspecified atom stereocenters. The number of hydrogen-bond donors (Lipinski definition) is 1. The van der Waals surface area contributed by atoms with Crippen molar-refractivity contribution in [1.29, 1.82) is 0 Å². The van der Waals surface area contributed by atoms with Crippen LogP contribution in [0.4, 0.5) is 0 Å². The summed E-state index contributed by atoms with van der Waals surface area (Å²) in [5.41, 5.74) is 3.44. The summed E-state index contributed by atoms with van der Waals surface area (Å²) in [6.07, 6.45) is 1.74. The summed E-state index contributed by atoms with van der Waals surface area (Å²) < 4.78 is 0. The Hall–Kier alpha value is -2.75. The molecule has 0 bridgehead atoms. The van der Waals surface area contributed by atoms with Crippen molar-refractivity contribution in [1.82, 2.24) is 19.9 Å². The van der Waals surface area contributed by atoms with Gasteiger partial charge in [0, 0.05) is 11.6 Å². The van der Waals surface area contributed by atoms with Gasteiger partial charge in [-0.3, -0.25) is 0 Å². The van der Waals surface area contributed by atoms with Gasteiger partial charge in [0.1, 0.15) is 5.69 Å². The molecule has 0 atom stereocenters. The van der Waals surface area contributed by atoms with Crippen LogP contribution >= 0.6 is 0 Å². The predicted molar refractivity (Wildman–Crippen MR) is 74.6 cm³/mol. The van der Waals surface area contributed by atoms with Gasteiger partial charge in [-0.15, -0.1) is 0 Å². The Bertz CT molecular complexity index is 846. The number of nitrogens with zero attached hydrogens (tertiary/aromatic N) is 3. The molecule has 4 nitrogen and oxygen atoms in total. The molecule has 19 heavy (non-hydrogen) atoms. The summed E-state index contributed by atoms with van der Waals surface area (Å²) in [7, 11) is 0. The summed E-state index contributed by atoms with van der Waals surface area (Å²) in [6, 6.07) is 15.9. The molecular weight excluding hydrogens is 236 g/mol. The van der Waals surface area contributed by atoms with Gasteiger partial charge in [-0.2, -0.15) is 0 Å². The van der Waals surface area contributed by atoms with E-state index in [1.54, 1.807) is 6.20 Å². The highest BCUT2D eigenvalue weighted by atomic mass is 15.0. The van der Waals surface area contributed by atoms with Crippen molar-refractivity contribution in [2.45, 2.75) is 0 Å². The molecular formula is C15H10N4. The molecule has 0 saturated heterocycles. The number of rotatable bonds is 1. The Morgan fingerprint density at radius 2 is 1.79 bits per heavy atom. The third-order valence-electron chi connectivity index (χ3n) is 3.10. The second-order valence-electron chi connectivity index (χ2n) is 4.35. The van der Waals surface area contributed by atoms with Crippen LogP contribution < -0.4 is 0 Å². The van der Waals surface area contributed by atoms with Gasteiger partial charge < -0.3 is 4.98 Å². The number of nitrogens with one attached hydrogen (secondary N) is 1. The van der Waals surface area contributed by atoms with Crippen LogP contribution in [-0.4, -0.2) is 19.9 Å². The fraction of sp³-hybridized carbons (Fsp3) is 0. The van der Waals surface area contributed by atoms with E-state index in [4.69, 9.17) is 0 Å². The lowest BCUT2D eigenvalue weighted by atomic mass is 10.2. The number of hydrogen-bond acceptors (Lipinski definition) is 3. The largest absolute Gasteiger partial charge is 0.335 e. The van der Waals surface area contributed by atoms with E-state index in [0.717, 1.165) is 27.9 Å². The second-order valence-corrected chi connectivity index (χ2v) is 4.35. The number of imidazole rings is 1. The maximum atomic E-state index is 4.62. The summed E-state index contributed by atoms with van der Waals surface area (Å²) >= 11 is 0. The third kappa shape index (κ3) is 1.65. The molecule has 4 rings (SSSR count). The number of H-pyrrole nitrogens is 1. The van der Waals surface area contributed by atoms with Crippen LogP contribution in [0.25, 0.3) is 33.6 Å². The van der Waals surface area contributed by atoms with Crippen molar-refractivity contribution in [3.8, 4) is 11.5 Å². The first-order valence-electron chi connectivity index (χ1n) is 6.07. The zero-order valence-corrected chi connectivity index (χ0v) is 10.0. The Morgan fingerprint density at radius 3 is 2.74 bits per heavy atom. The lowest BCUT2D eigenvalue weighted by molar-refractivity contribution is 1.25. The van der Waals surface area contributed by atoms with Crippen molar-refractivity contribution < 1.29 is 0 Å². The van der Waals surface area contributed by atoms with Crippen molar-refractivity contribution >= 4 is 22.1 Å². The van der Waals surface area contributed by atoms with Crippen LogP contribution in [0.15, 0.2) is 54.7 Å². The van der Waals surface area contributed by atoms with E-state index < -0.39 is 0 Å². The Labute approximate surface area is 109 Å². The zero-order chi connectivity index (χ0) is 12.7. The van der Waals surface area contributed by atoms with Crippen molar-refractivity contribution in [3.63, 3.8) is 0 Å². The van der Waals surface area contributed by atoms with E-state index in [0.29, 0.717) is 5.65 Å². The van der Waals surface area contributed by atoms with E-state index >= 15 is 0 Å². The fourth-order valence-corrected chi connectivity index (χ4v) is 2.16. The molecule has 1 aromatic carbocycles. The summed E-state index contributed by atoms with van der Waals surface area (Å²) in [5.74, 6) is 0.749. The Morgan fingerprint density at radius 1 is 0.842 bits per heavy atom. The number of pyridine rings is 2. The molecule has 0 fully saturated rings. The van der Waals surface area contributed by atoms with E-state index in [9.17, 15) is 0 Å². The standard InChI is InChI=1S/C15H10N4/c1-2-5-11-10(4-1)7-8-13(17-11)15-18-12-6-3-9-16-14(12)19-15/h1-9H,(H,16,18,19). The lowest BCUT2D eigenvalue weighted by Crippen LogP contribution is -1.86.